The van der Waals surface area contributed by atoms with Crippen molar-refractivity contribution in [2.45, 2.75) is 32.1 Å². The Kier molecular flexibility index (Phi) is 3.69. The molecule has 0 amide bonds. The summed E-state index contributed by atoms with van der Waals surface area (Å²) in [6, 6.07) is 0. The summed E-state index contributed by atoms with van der Waals surface area (Å²) in [7, 11) is 0. The quantitative estimate of drug-likeness (QED) is 0.706. The van der Waals surface area contributed by atoms with E-state index in [4.69, 9.17) is 11.2 Å². The summed E-state index contributed by atoms with van der Waals surface area (Å²) in [5.74, 6) is 4.29. The molecule has 0 spiro atoms. The molecule has 1 aromatic rings. The Morgan fingerprint density at radius 2 is 2.13 bits per heavy atom. The van der Waals surface area contributed by atoms with Crippen LogP contribution in [-0.2, 0) is 0 Å². The van der Waals surface area contributed by atoms with Crippen molar-refractivity contribution in [2.75, 3.05) is 6.61 Å². The Morgan fingerprint density at radius 3 is 2.87 bits per heavy atom. The molecule has 0 bridgehead atoms. The van der Waals surface area contributed by atoms with E-state index >= 15 is 0 Å². The molecule has 1 aliphatic rings. The van der Waals surface area contributed by atoms with Gasteiger partial charge in [-0.15, -0.1) is 17.8 Å². The molecule has 80 valence electrons. The van der Waals surface area contributed by atoms with Gasteiger partial charge in [0.15, 0.2) is 0 Å². The standard InChI is InChI=1S/C13H16OS/c1-2-12-9-15-10-13(12)14-8-11-6-4-3-5-7-11/h1,9-11H,3-8H2. The van der Waals surface area contributed by atoms with Crippen LogP contribution < -0.4 is 4.74 Å². The largest absolute Gasteiger partial charge is 0.491 e. The minimum atomic E-state index is 0.740. The summed E-state index contributed by atoms with van der Waals surface area (Å²) >= 11 is 1.61. The molecule has 0 saturated heterocycles. The fraction of sp³-hybridized carbons (Fsp3) is 0.538. The van der Waals surface area contributed by atoms with Gasteiger partial charge in [-0.1, -0.05) is 25.2 Å². The normalized spacial score (nSPS) is 17.3. The van der Waals surface area contributed by atoms with Gasteiger partial charge >= 0.3 is 0 Å². The fourth-order valence-electron chi connectivity index (χ4n) is 2.06. The molecule has 2 heteroatoms. The molecule has 0 aromatic carbocycles. The molecule has 0 N–H and O–H groups in total. The van der Waals surface area contributed by atoms with Crippen LogP contribution in [0.4, 0.5) is 0 Å². The van der Waals surface area contributed by atoms with E-state index in [0.29, 0.717) is 0 Å². The zero-order valence-corrected chi connectivity index (χ0v) is 9.69. The third-order valence-corrected chi connectivity index (χ3v) is 3.70. The summed E-state index contributed by atoms with van der Waals surface area (Å²) in [6.07, 6.45) is 12.1. The topological polar surface area (TPSA) is 9.23 Å². The molecule has 1 fully saturated rings. The average Bonchev–Trinajstić information content (AvgIpc) is 2.75. The van der Waals surface area contributed by atoms with E-state index in [1.165, 1.54) is 32.1 Å². The Hall–Kier alpha value is -0.940. The number of ether oxygens (including phenoxy) is 1. The number of terminal acetylenes is 1. The van der Waals surface area contributed by atoms with Gasteiger partial charge in [0, 0.05) is 10.8 Å². The van der Waals surface area contributed by atoms with Crippen LogP contribution in [0.1, 0.15) is 37.7 Å². The lowest BCUT2D eigenvalue weighted by Gasteiger charge is -2.21. The SMILES string of the molecule is C#Cc1cscc1OCC1CCCCC1. The molecule has 1 aliphatic carbocycles. The predicted octanol–water partition coefficient (Wildman–Crippen LogP) is 3.69. The molecule has 1 aromatic heterocycles. The van der Waals surface area contributed by atoms with Crippen molar-refractivity contribution in [3.63, 3.8) is 0 Å². The van der Waals surface area contributed by atoms with Gasteiger partial charge in [-0.05, 0) is 18.8 Å². The first-order valence-corrected chi connectivity index (χ1v) is 6.50. The molecule has 1 saturated carbocycles. The number of thiophene rings is 1. The summed E-state index contributed by atoms with van der Waals surface area (Å²) < 4.78 is 5.78. The lowest BCUT2D eigenvalue weighted by molar-refractivity contribution is 0.209. The van der Waals surface area contributed by atoms with Crippen LogP contribution in [0.3, 0.4) is 0 Å². The molecular formula is C13H16OS. The van der Waals surface area contributed by atoms with Crippen LogP contribution in [0, 0.1) is 18.3 Å². The molecule has 2 rings (SSSR count). The summed E-state index contributed by atoms with van der Waals surface area (Å²) in [5, 5.41) is 3.97. The second-order valence-corrected chi connectivity index (χ2v) is 4.85. The van der Waals surface area contributed by atoms with Crippen LogP contribution in [0.5, 0.6) is 5.75 Å². The number of hydrogen-bond donors (Lipinski definition) is 0. The highest BCUT2D eigenvalue weighted by Crippen LogP contribution is 2.27. The van der Waals surface area contributed by atoms with Crippen LogP contribution in [-0.4, -0.2) is 6.61 Å². The smallest absolute Gasteiger partial charge is 0.145 e. The molecule has 0 radical (unpaired) electrons. The van der Waals surface area contributed by atoms with E-state index in [9.17, 15) is 0 Å². The van der Waals surface area contributed by atoms with Gasteiger partial charge < -0.3 is 4.74 Å². The molecular weight excluding hydrogens is 204 g/mol. The van der Waals surface area contributed by atoms with Gasteiger partial charge in [-0.3, -0.25) is 0 Å². The highest BCUT2D eigenvalue weighted by molar-refractivity contribution is 7.08. The van der Waals surface area contributed by atoms with Gasteiger partial charge in [-0.25, -0.2) is 0 Å². The summed E-state index contributed by atoms with van der Waals surface area (Å²) in [4.78, 5) is 0. The Labute approximate surface area is 95.5 Å². The maximum Gasteiger partial charge on any atom is 0.145 e. The van der Waals surface area contributed by atoms with Crippen LogP contribution in [0.15, 0.2) is 10.8 Å². The van der Waals surface area contributed by atoms with Gasteiger partial charge in [-0.2, -0.15) is 0 Å². The fourth-order valence-corrected chi connectivity index (χ4v) is 2.77. The van der Waals surface area contributed by atoms with Gasteiger partial charge in [0.2, 0.25) is 0 Å². The van der Waals surface area contributed by atoms with Crippen molar-refractivity contribution in [1.82, 2.24) is 0 Å². The van der Waals surface area contributed by atoms with Gasteiger partial charge in [0.1, 0.15) is 5.75 Å². The van der Waals surface area contributed by atoms with E-state index in [1.807, 2.05) is 10.8 Å². The maximum absolute atomic E-state index is 5.78. The molecule has 1 nitrogen and oxygen atoms in total. The Balaban J connectivity index is 1.85. The molecule has 15 heavy (non-hydrogen) atoms. The van der Waals surface area contributed by atoms with Crippen molar-refractivity contribution in [3.8, 4) is 18.1 Å². The van der Waals surface area contributed by atoms with E-state index in [1.54, 1.807) is 11.3 Å². The lowest BCUT2D eigenvalue weighted by atomic mass is 9.90. The third-order valence-electron chi connectivity index (χ3n) is 2.98. The first-order chi connectivity index (χ1) is 7.40. The molecule has 0 atom stereocenters. The van der Waals surface area contributed by atoms with Crippen molar-refractivity contribution < 1.29 is 4.74 Å². The van der Waals surface area contributed by atoms with Gasteiger partial charge in [0.05, 0.1) is 12.2 Å². The van der Waals surface area contributed by atoms with E-state index in [0.717, 1.165) is 23.8 Å². The van der Waals surface area contributed by atoms with E-state index in [2.05, 4.69) is 5.92 Å². The average molecular weight is 220 g/mol. The first-order valence-electron chi connectivity index (χ1n) is 5.55. The zero-order chi connectivity index (χ0) is 10.5. The van der Waals surface area contributed by atoms with Crippen molar-refractivity contribution in [3.05, 3.63) is 16.3 Å². The van der Waals surface area contributed by atoms with E-state index < -0.39 is 0 Å². The van der Waals surface area contributed by atoms with Crippen LogP contribution in [0.25, 0.3) is 0 Å². The third kappa shape index (κ3) is 2.76. The van der Waals surface area contributed by atoms with Crippen LogP contribution in [0.2, 0.25) is 0 Å². The maximum atomic E-state index is 5.78. The van der Waals surface area contributed by atoms with Crippen molar-refractivity contribution in [1.29, 1.82) is 0 Å². The number of rotatable bonds is 3. The van der Waals surface area contributed by atoms with Crippen molar-refractivity contribution in [2.24, 2.45) is 5.92 Å². The minimum absolute atomic E-state index is 0.740. The predicted molar refractivity (Wildman–Crippen MR) is 64.3 cm³/mol. The minimum Gasteiger partial charge on any atom is -0.491 e. The Bertz CT molecular complexity index is 342. The first kappa shape index (κ1) is 10.6. The van der Waals surface area contributed by atoms with Gasteiger partial charge in [0.25, 0.3) is 0 Å². The summed E-state index contributed by atoms with van der Waals surface area (Å²) in [6.45, 7) is 0.839. The van der Waals surface area contributed by atoms with Crippen LogP contribution >= 0.6 is 11.3 Å². The number of hydrogen-bond acceptors (Lipinski definition) is 2. The van der Waals surface area contributed by atoms with Crippen molar-refractivity contribution >= 4 is 11.3 Å². The molecule has 0 aliphatic heterocycles. The molecule has 0 unspecified atom stereocenters. The second kappa shape index (κ2) is 5.23. The lowest BCUT2D eigenvalue weighted by Crippen LogP contribution is -2.15. The van der Waals surface area contributed by atoms with E-state index in [-0.39, 0.29) is 0 Å². The zero-order valence-electron chi connectivity index (χ0n) is 8.87. The monoisotopic (exact) mass is 220 g/mol. The Morgan fingerprint density at radius 1 is 1.33 bits per heavy atom. The molecule has 1 heterocycles. The summed E-state index contributed by atoms with van der Waals surface area (Å²) in [5.41, 5.74) is 0.899. The second-order valence-electron chi connectivity index (χ2n) is 4.11. The highest BCUT2D eigenvalue weighted by Gasteiger charge is 2.14. The highest BCUT2D eigenvalue weighted by atomic mass is 32.1.